The van der Waals surface area contributed by atoms with Crippen LogP contribution in [0.5, 0.6) is 5.75 Å². The molecule has 2 amide bonds. The Morgan fingerprint density at radius 1 is 1.15 bits per heavy atom. The number of amides is 2. The van der Waals surface area contributed by atoms with Gasteiger partial charge in [0.15, 0.2) is 17.7 Å². The number of rotatable bonds is 12. The molecule has 0 radical (unpaired) electrons. The first-order valence-corrected chi connectivity index (χ1v) is 11.4. The zero-order valence-corrected chi connectivity index (χ0v) is 19.1. The number of carboxylic acids is 1. The van der Waals surface area contributed by atoms with Crippen molar-refractivity contribution in [2.75, 3.05) is 31.6 Å². The number of urea groups is 1. The summed E-state index contributed by atoms with van der Waals surface area (Å²) in [5.74, 6) is -1.99. The molecule has 184 valence electrons. The zero-order valence-electron chi connectivity index (χ0n) is 19.1. The first-order valence-electron chi connectivity index (χ1n) is 11.4. The van der Waals surface area contributed by atoms with Crippen LogP contribution in [0, 0.1) is 17.6 Å². The van der Waals surface area contributed by atoms with E-state index in [0.717, 1.165) is 37.0 Å². The minimum atomic E-state index is -1.02. The van der Waals surface area contributed by atoms with Gasteiger partial charge >= 0.3 is 12.0 Å². The number of carbonyl (C=O) groups is 2. The Balaban J connectivity index is 1.53. The van der Waals surface area contributed by atoms with E-state index in [9.17, 15) is 23.5 Å². The molecule has 2 aromatic rings. The molecule has 0 bridgehead atoms. The molecule has 1 aliphatic carbocycles. The topological polar surface area (TPSA) is 88.1 Å². The Morgan fingerprint density at radius 3 is 2.47 bits per heavy atom. The largest absolute Gasteiger partial charge is 0.492 e. The van der Waals surface area contributed by atoms with Crippen LogP contribution in [0.15, 0.2) is 42.5 Å². The number of halogens is 2. The second kappa shape index (κ2) is 12.3. The maximum absolute atomic E-state index is 13.5. The Labute approximate surface area is 197 Å². The molecule has 0 heterocycles. The molecule has 1 atom stereocenters. The van der Waals surface area contributed by atoms with E-state index in [0.29, 0.717) is 31.4 Å². The summed E-state index contributed by atoms with van der Waals surface area (Å²) in [7, 11) is 0. The average molecular weight is 477 g/mol. The van der Waals surface area contributed by atoms with E-state index in [1.54, 1.807) is 36.1 Å². The second-order valence-electron chi connectivity index (χ2n) is 8.28. The van der Waals surface area contributed by atoms with E-state index in [-0.39, 0.29) is 18.7 Å². The lowest BCUT2D eigenvalue weighted by Gasteiger charge is -2.32. The van der Waals surface area contributed by atoms with Crippen molar-refractivity contribution in [1.29, 1.82) is 0 Å². The van der Waals surface area contributed by atoms with Gasteiger partial charge in [-0.2, -0.15) is 0 Å². The zero-order chi connectivity index (χ0) is 24.5. The van der Waals surface area contributed by atoms with Crippen molar-refractivity contribution in [2.24, 2.45) is 5.92 Å². The average Bonchev–Trinajstić information content (AvgIpc) is 2.78. The molecular formula is C25H30F2N2O5. The molecule has 9 heteroatoms. The highest BCUT2D eigenvalue weighted by atomic mass is 19.2. The van der Waals surface area contributed by atoms with Crippen LogP contribution in [0.3, 0.4) is 0 Å². The molecule has 34 heavy (non-hydrogen) atoms. The Kier molecular flexibility index (Phi) is 9.21. The minimum absolute atomic E-state index is 0.186. The summed E-state index contributed by atoms with van der Waals surface area (Å²) >= 11 is 0. The van der Waals surface area contributed by atoms with Crippen molar-refractivity contribution >= 4 is 17.7 Å². The number of hydrogen-bond donors (Lipinski definition) is 2. The van der Waals surface area contributed by atoms with Gasteiger partial charge in [0.1, 0.15) is 12.4 Å². The van der Waals surface area contributed by atoms with Crippen molar-refractivity contribution in [3.05, 3.63) is 59.7 Å². The number of carbonyl (C=O) groups excluding carboxylic acids is 1. The van der Waals surface area contributed by atoms with Crippen LogP contribution in [-0.4, -0.2) is 54.4 Å². The van der Waals surface area contributed by atoms with Gasteiger partial charge in [-0.05, 0) is 55.5 Å². The smallest absolute Gasteiger partial charge is 0.333 e. The SMILES string of the molecule is CCOC(Cc1ccc(OCCN(CC2CCC2)C(=O)Nc2ccc(F)c(F)c2)cc1)C(=O)O. The first kappa shape index (κ1) is 25.4. The molecule has 0 aliphatic heterocycles. The number of aliphatic carboxylic acids is 1. The summed E-state index contributed by atoms with van der Waals surface area (Å²) in [6.07, 6.45) is 2.60. The lowest BCUT2D eigenvalue weighted by molar-refractivity contribution is -0.149. The number of nitrogens with zero attached hydrogens (tertiary/aromatic N) is 1. The molecule has 7 nitrogen and oxygen atoms in total. The monoisotopic (exact) mass is 476 g/mol. The summed E-state index contributed by atoms with van der Waals surface area (Å²) in [4.78, 5) is 25.6. The summed E-state index contributed by atoms with van der Waals surface area (Å²) in [6, 6.07) is 9.91. The minimum Gasteiger partial charge on any atom is -0.492 e. The third kappa shape index (κ3) is 7.41. The van der Waals surface area contributed by atoms with E-state index in [2.05, 4.69) is 5.32 Å². The van der Waals surface area contributed by atoms with Gasteiger partial charge < -0.3 is 24.8 Å². The standard InChI is InChI=1S/C25H30F2N2O5/c1-2-33-23(24(30)31)14-17-6-9-20(10-7-17)34-13-12-29(16-18-4-3-5-18)25(32)28-19-8-11-21(26)22(27)15-19/h6-11,15,18,23H,2-5,12-14,16H2,1H3,(H,28,32)(H,30,31). The molecular weight excluding hydrogens is 446 g/mol. The molecule has 0 saturated heterocycles. The number of nitrogens with one attached hydrogen (secondary N) is 1. The van der Waals surface area contributed by atoms with Gasteiger partial charge in [-0.25, -0.2) is 18.4 Å². The third-order valence-electron chi connectivity index (χ3n) is 5.78. The van der Waals surface area contributed by atoms with E-state index in [4.69, 9.17) is 9.47 Å². The summed E-state index contributed by atoms with van der Waals surface area (Å²) in [5.41, 5.74) is 0.997. The highest BCUT2D eigenvalue weighted by Crippen LogP contribution is 2.27. The van der Waals surface area contributed by atoms with E-state index in [1.807, 2.05) is 0 Å². The number of anilines is 1. The van der Waals surface area contributed by atoms with Crippen LogP contribution < -0.4 is 10.1 Å². The summed E-state index contributed by atoms with van der Waals surface area (Å²) in [5, 5.41) is 11.8. The fraction of sp³-hybridized carbons (Fsp3) is 0.440. The van der Waals surface area contributed by atoms with E-state index in [1.165, 1.54) is 6.07 Å². The van der Waals surface area contributed by atoms with Crippen molar-refractivity contribution in [2.45, 2.75) is 38.7 Å². The van der Waals surface area contributed by atoms with Crippen LogP contribution >= 0.6 is 0 Å². The third-order valence-corrected chi connectivity index (χ3v) is 5.78. The highest BCUT2D eigenvalue weighted by molar-refractivity contribution is 5.89. The van der Waals surface area contributed by atoms with Gasteiger partial charge in [-0.3, -0.25) is 0 Å². The van der Waals surface area contributed by atoms with E-state index < -0.39 is 29.7 Å². The highest BCUT2D eigenvalue weighted by Gasteiger charge is 2.24. The molecule has 1 aliphatic rings. The van der Waals surface area contributed by atoms with Crippen LogP contribution in [0.1, 0.15) is 31.7 Å². The molecule has 1 fully saturated rings. The molecule has 2 aromatic carbocycles. The Hall–Kier alpha value is -3.20. The van der Waals surface area contributed by atoms with Crippen LogP contribution in [0.2, 0.25) is 0 Å². The first-order chi connectivity index (χ1) is 16.4. The van der Waals surface area contributed by atoms with Gasteiger partial charge in [-0.1, -0.05) is 18.6 Å². The molecule has 2 N–H and O–H groups in total. The Morgan fingerprint density at radius 2 is 1.88 bits per heavy atom. The van der Waals surface area contributed by atoms with Crippen LogP contribution in [0.4, 0.5) is 19.3 Å². The van der Waals surface area contributed by atoms with Crippen molar-refractivity contribution < 1.29 is 33.0 Å². The fourth-order valence-electron chi connectivity index (χ4n) is 3.67. The van der Waals surface area contributed by atoms with Crippen LogP contribution in [0.25, 0.3) is 0 Å². The molecule has 0 aromatic heterocycles. The van der Waals surface area contributed by atoms with Gasteiger partial charge in [-0.15, -0.1) is 0 Å². The molecule has 1 unspecified atom stereocenters. The van der Waals surface area contributed by atoms with Gasteiger partial charge in [0.05, 0.1) is 6.54 Å². The maximum atomic E-state index is 13.5. The van der Waals surface area contributed by atoms with Crippen molar-refractivity contribution in [1.82, 2.24) is 4.90 Å². The normalized spacial score (nSPS) is 14.2. The summed E-state index contributed by atoms with van der Waals surface area (Å²) in [6.45, 7) is 3.19. The van der Waals surface area contributed by atoms with Crippen molar-refractivity contribution in [3.8, 4) is 5.75 Å². The maximum Gasteiger partial charge on any atom is 0.333 e. The van der Waals surface area contributed by atoms with Gasteiger partial charge in [0.2, 0.25) is 0 Å². The van der Waals surface area contributed by atoms with E-state index >= 15 is 0 Å². The quantitative estimate of drug-likeness (QED) is 0.463. The lowest BCUT2D eigenvalue weighted by atomic mass is 9.85. The van der Waals surface area contributed by atoms with Gasteiger partial charge in [0, 0.05) is 31.3 Å². The lowest BCUT2D eigenvalue weighted by Crippen LogP contribution is -2.42. The number of ether oxygens (including phenoxy) is 2. The van der Waals surface area contributed by atoms with Crippen molar-refractivity contribution in [3.63, 3.8) is 0 Å². The predicted octanol–water partition coefficient (Wildman–Crippen LogP) is 4.71. The number of hydrogen-bond acceptors (Lipinski definition) is 4. The second-order valence-corrected chi connectivity index (χ2v) is 8.28. The molecule has 3 rings (SSSR count). The molecule has 1 saturated carbocycles. The molecule has 0 spiro atoms. The summed E-state index contributed by atoms with van der Waals surface area (Å²) < 4.78 is 37.7. The number of benzene rings is 2. The Bertz CT molecular complexity index is 966. The van der Waals surface area contributed by atoms with Crippen LogP contribution in [-0.2, 0) is 16.0 Å². The predicted molar refractivity (Wildman–Crippen MR) is 123 cm³/mol. The van der Waals surface area contributed by atoms with Gasteiger partial charge in [0.25, 0.3) is 0 Å². The number of carboxylic acid groups (broad SMARTS) is 1. The fourth-order valence-corrected chi connectivity index (χ4v) is 3.67.